The highest BCUT2D eigenvalue weighted by atomic mass is 15.4. The van der Waals surface area contributed by atoms with E-state index in [0.29, 0.717) is 5.56 Å². The summed E-state index contributed by atoms with van der Waals surface area (Å²) in [5.74, 6) is 0. The minimum Gasteiger partial charge on any atom is -0.245 e. The minimum absolute atomic E-state index is 0.630. The zero-order valence-corrected chi connectivity index (χ0v) is 8.64. The Morgan fingerprint density at radius 1 is 1.47 bits per heavy atom. The molecule has 76 valence electrons. The molecule has 1 aromatic heterocycles. The second kappa shape index (κ2) is 4.09. The summed E-state index contributed by atoms with van der Waals surface area (Å²) in [6, 6.07) is 7.57. The van der Waals surface area contributed by atoms with Crippen LogP contribution in [0.15, 0.2) is 18.2 Å². The second-order valence-corrected chi connectivity index (χ2v) is 3.48. The number of hydrogen-bond donors (Lipinski definition) is 0. The van der Waals surface area contributed by atoms with Crippen molar-refractivity contribution in [1.82, 2.24) is 15.0 Å². The molecule has 1 heterocycles. The summed E-state index contributed by atoms with van der Waals surface area (Å²) < 4.78 is 1.89. The number of nitriles is 1. The highest BCUT2D eigenvalue weighted by molar-refractivity contribution is 5.75. The lowest BCUT2D eigenvalue weighted by molar-refractivity contribution is 0.567. The average molecular weight is 200 g/mol. The van der Waals surface area contributed by atoms with Gasteiger partial charge in [0.05, 0.1) is 17.1 Å². The van der Waals surface area contributed by atoms with Crippen LogP contribution < -0.4 is 0 Å². The molecule has 0 bridgehead atoms. The average Bonchev–Trinajstić information content (AvgIpc) is 2.68. The van der Waals surface area contributed by atoms with Gasteiger partial charge in [-0.25, -0.2) is 4.68 Å². The van der Waals surface area contributed by atoms with E-state index in [1.165, 1.54) is 0 Å². The van der Waals surface area contributed by atoms with Gasteiger partial charge in [0.2, 0.25) is 0 Å². The van der Waals surface area contributed by atoms with E-state index < -0.39 is 0 Å². The van der Waals surface area contributed by atoms with Crippen molar-refractivity contribution in [2.75, 3.05) is 0 Å². The first-order valence-corrected chi connectivity index (χ1v) is 5.08. The van der Waals surface area contributed by atoms with Crippen LogP contribution in [0.25, 0.3) is 11.0 Å². The van der Waals surface area contributed by atoms with Gasteiger partial charge in [0, 0.05) is 6.54 Å². The number of aryl methyl sites for hydroxylation is 1. The van der Waals surface area contributed by atoms with Crippen LogP contribution in [0.3, 0.4) is 0 Å². The van der Waals surface area contributed by atoms with Crippen molar-refractivity contribution in [3.05, 3.63) is 23.8 Å². The molecular weight excluding hydrogens is 188 g/mol. The summed E-state index contributed by atoms with van der Waals surface area (Å²) in [5, 5.41) is 16.8. The number of unbranched alkanes of at least 4 members (excludes halogenated alkanes) is 1. The number of nitrogens with zero attached hydrogens (tertiary/aromatic N) is 4. The van der Waals surface area contributed by atoms with Crippen LogP contribution in [-0.4, -0.2) is 15.0 Å². The Morgan fingerprint density at radius 2 is 2.33 bits per heavy atom. The number of benzene rings is 1. The maximum absolute atomic E-state index is 8.74. The molecule has 0 spiro atoms. The fraction of sp³-hybridized carbons (Fsp3) is 0.364. The van der Waals surface area contributed by atoms with Gasteiger partial charge < -0.3 is 0 Å². The fourth-order valence-electron chi connectivity index (χ4n) is 1.51. The molecule has 2 aromatic rings. The Balaban J connectivity index is 2.39. The van der Waals surface area contributed by atoms with E-state index in [2.05, 4.69) is 23.3 Å². The SMILES string of the molecule is CCCCn1nnc2cc(C#N)ccc21. The summed E-state index contributed by atoms with van der Waals surface area (Å²) in [4.78, 5) is 0. The van der Waals surface area contributed by atoms with E-state index in [1.807, 2.05) is 10.7 Å². The predicted molar refractivity (Wildman–Crippen MR) is 57.2 cm³/mol. The van der Waals surface area contributed by atoms with Gasteiger partial charge in [-0.15, -0.1) is 5.10 Å². The zero-order chi connectivity index (χ0) is 10.7. The Morgan fingerprint density at radius 3 is 3.07 bits per heavy atom. The van der Waals surface area contributed by atoms with Gasteiger partial charge in [-0.05, 0) is 24.6 Å². The third-order valence-electron chi connectivity index (χ3n) is 2.37. The summed E-state index contributed by atoms with van der Waals surface area (Å²) in [6.07, 6.45) is 2.23. The first-order chi connectivity index (χ1) is 7.35. The zero-order valence-electron chi connectivity index (χ0n) is 8.64. The lowest BCUT2D eigenvalue weighted by Crippen LogP contribution is -1.99. The van der Waals surface area contributed by atoms with Crippen LogP contribution in [0.1, 0.15) is 25.3 Å². The summed E-state index contributed by atoms with van der Waals surface area (Å²) in [6.45, 7) is 3.03. The van der Waals surface area contributed by atoms with E-state index in [1.54, 1.807) is 12.1 Å². The van der Waals surface area contributed by atoms with Crippen LogP contribution in [0.4, 0.5) is 0 Å². The molecular formula is C11H12N4. The molecule has 0 aliphatic heterocycles. The van der Waals surface area contributed by atoms with E-state index in [0.717, 1.165) is 30.4 Å². The monoisotopic (exact) mass is 200 g/mol. The van der Waals surface area contributed by atoms with E-state index in [9.17, 15) is 0 Å². The van der Waals surface area contributed by atoms with Crippen molar-refractivity contribution in [1.29, 1.82) is 5.26 Å². The second-order valence-electron chi connectivity index (χ2n) is 3.48. The molecule has 0 aliphatic carbocycles. The molecule has 0 unspecified atom stereocenters. The Bertz CT molecular complexity index is 507. The molecule has 4 heteroatoms. The first kappa shape index (κ1) is 9.66. The van der Waals surface area contributed by atoms with Crippen LogP contribution in [0.2, 0.25) is 0 Å². The van der Waals surface area contributed by atoms with Crippen molar-refractivity contribution in [2.45, 2.75) is 26.3 Å². The van der Waals surface area contributed by atoms with Gasteiger partial charge in [-0.2, -0.15) is 5.26 Å². The molecule has 1 aromatic carbocycles. The minimum atomic E-state index is 0.630. The van der Waals surface area contributed by atoms with Crippen molar-refractivity contribution in [3.63, 3.8) is 0 Å². The maximum atomic E-state index is 8.74. The largest absolute Gasteiger partial charge is 0.245 e. The molecule has 0 radical (unpaired) electrons. The Kier molecular flexibility index (Phi) is 2.64. The van der Waals surface area contributed by atoms with Crippen LogP contribution >= 0.6 is 0 Å². The molecule has 0 amide bonds. The highest BCUT2D eigenvalue weighted by Crippen LogP contribution is 2.13. The molecule has 0 atom stereocenters. The lowest BCUT2D eigenvalue weighted by Gasteiger charge is -1.99. The number of fused-ring (bicyclic) bond motifs is 1. The van der Waals surface area contributed by atoms with Crippen LogP contribution in [0.5, 0.6) is 0 Å². The van der Waals surface area contributed by atoms with Crippen molar-refractivity contribution in [3.8, 4) is 6.07 Å². The smallest absolute Gasteiger partial charge is 0.114 e. The molecule has 0 saturated carbocycles. The van der Waals surface area contributed by atoms with Gasteiger partial charge in [0.1, 0.15) is 5.52 Å². The molecule has 0 saturated heterocycles. The molecule has 0 N–H and O–H groups in total. The normalized spacial score (nSPS) is 10.4. The fourth-order valence-corrected chi connectivity index (χ4v) is 1.51. The third-order valence-corrected chi connectivity index (χ3v) is 2.37. The van der Waals surface area contributed by atoms with Crippen molar-refractivity contribution < 1.29 is 0 Å². The van der Waals surface area contributed by atoms with Gasteiger partial charge in [-0.1, -0.05) is 18.6 Å². The van der Waals surface area contributed by atoms with Crippen LogP contribution in [-0.2, 0) is 6.54 Å². The summed E-state index contributed by atoms with van der Waals surface area (Å²) in [5.41, 5.74) is 2.43. The Hall–Kier alpha value is -1.89. The third kappa shape index (κ3) is 1.82. The van der Waals surface area contributed by atoms with Crippen molar-refractivity contribution >= 4 is 11.0 Å². The van der Waals surface area contributed by atoms with Crippen LogP contribution in [0, 0.1) is 11.3 Å². The van der Waals surface area contributed by atoms with Crippen molar-refractivity contribution in [2.24, 2.45) is 0 Å². The predicted octanol–water partition coefficient (Wildman–Crippen LogP) is 2.10. The molecule has 4 nitrogen and oxygen atoms in total. The molecule has 0 fully saturated rings. The molecule has 2 rings (SSSR count). The van der Waals surface area contributed by atoms with Gasteiger partial charge in [0.25, 0.3) is 0 Å². The number of hydrogen-bond acceptors (Lipinski definition) is 3. The van der Waals surface area contributed by atoms with Gasteiger partial charge in [0.15, 0.2) is 0 Å². The highest BCUT2D eigenvalue weighted by Gasteiger charge is 2.04. The standard InChI is InChI=1S/C11H12N4/c1-2-3-6-15-11-5-4-9(8-12)7-10(11)13-14-15/h4-5,7H,2-3,6H2,1H3. The van der Waals surface area contributed by atoms with E-state index in [4.69, 9.17) is 5.26 Å². The first-order valence-electron chi connectivity index (χ1n) is 5.08. The molecule has 0 aliphatic rings. The molecule has 15 heavy (non-hydrogen) atoms. The lowest BCUT2D eigenvalue weighted by atomic mass is 10.2. The summed E-state index contributed by atoms with van der Waals surface area (Å²) in [7, 11) is 0. The number of aromatic nitrogens is 3. The maximum Gasteiger partial charge on any atom is 0.114 e. The quantitative estimate of drug-likeness (QED) is 0.762. The topological polar surface area (TPSA) is 54.5 Å². The number of rotatable bonds is 3. The van der Waals surface area contributed by atoms with Gasteiger partial charge in [-0.3, -0.25) is 0 Å². The van der Waals surface area contributed by atoms with E-state index >= 15 is 0 Å². The Labute approximate surface area is 88.1 Å². The summed E-state index contributed by atoms with van der Waals surface area (Å²) >= 11 is 0. The van der Waals surface area contributed by atoms with Gasteiger partial charge >= 0.3 is 0 Å². The van der Waals surface area contributed by atoms with E-state index in [-0.39, 0.29) is 0 Å².